The molecular weight excluding hydrogens is 241 g/mol. The zero-order valence-electron chi connectivity index (χ0n) is 11.2. The molecule has 18 heavy (non-hydrogen) atoms. The van der Waals surface area contributed by atoms with Crippen LogP contribution in [0.15, 0.2) is 0 Å². The van der Waals surface area contributed by atoms with E-state index in [4.69, 9.17) is 0 Å². The second-order valence-electron chi connectivity index (χ2n) is 6.09. The molecule has 1 aliphatic heterocycles. The number of nitrogens with zero attached hydrogens (tertiary/aromatic N) is 1. The van der Waals surface area contributed by atoms with E-state index in [1.807, 2.05) is 11.8 Å². The predicted octanol–water partition coefficient (Wildman–Crippen LogP) is 2.79. The molecular formula is C13H23F3N2. The third-order valence-electron chi connectivity index (χ3n) is 4.41. The molecule has 1 aliphatic carbocycles. The van der Waals surface area contributed by atoms with Crippen molar-refractivity contribution in [2.24, 2.45) is 5.92 Å². The normalized spacial score (nSPS) is 35.5. The van der Waals surface area contributed by atoms with Gasteiger partial charge in [-0.05, 0) is 45.6 Å². The lowest BCUT2D eigenvalue weighted by Gasteiger charge is -2.36. The zero-order valence-corrected chi connectivity index (χ0v) is 11.2. The number of halogens is 3. The van der Waals surface area contributed by atoms with Crippen LogP contribution in [0.5, 0.6) is 0 Å². The molecule has 0 amide bonds. The van der Waals surface area contributed by atoms with Crippen LogP contribution < -0.4 is 5.32 Å². The van der Waals surface area contributed by atoms with E-state index in [9.17, 15) is 13.2 Å². The molecule has 2 unspecified atom stereocenters. The number of rotatable bonds is 3. The summed E-state index contributed by atoms with van der Waals surface area (Å²) in [6.45, 7) is 6.00. The van der Waals surface area contributed by atoms with Gasteiger partial charge < -0.3 is 5.32 Å². The summed E-state index contributed by atoms with van der Waals surface area (Å²) in [7, 11) is 0. The number of hydrogen-bond donors (Lipinski definition) is 1. The number of alkyl halides is 3. The van der Waals surface area contributed by atoms with Crippen molar-refractivity contribution in [3.8, 4) is 0 Å². The Labute approximate surface area is 107 Å². The molecule has 2 rings (SSSR count). The molecule has 1 N–H and O–H groups in total. The first kappa shape index (κ1) is 14.1. The first-order chi connectivity index (χ1) is 8.30. The molecule has 0 spiro atoms. The lowest BCUT2D eigenvalue weighted by molar-refractivity contribution is -0.139. The van der Waals surface area contributed by atoms with E-state index >= 15 is 0 Å². The van der Waals surface area contributed by atoms with Crippen LogP contribution in [0.4, 0.5) is 13.2 Å². The lowest BCUT2D eigenvalue weighted by Crippen LogP contribution is -2.52. The second kappa shape index (κ2) is 5.00. The van der Waals surface area contributed by atoms with Gasteiger partial charge in [0.1, 0.15) is 0 Å². The molecule has 0 radical (unpaired) electrons. The largest absolute Gasteiger partial charge is 0.390 e. The van der Waals surface area contributed by atoms with Crippen molar-refractivity contribution < 1.29 is 13.2 Å². The fourth-order valence-electron chi connectivity index (χ4n) is 2.95. The van der Waals surface area contributed by atoms with E-state index in [2.05, 4.69) is 12.2 Å². The van der Waals surface area contributed by atoms with Gasteiger partial charge in [-0.2, -0.15) is 13.2 Å². The van der Waals surface area contributed by atoms with Gasteiger partial charge in [0.25, 0.3) is 0 Å². The summed E-state index contributed by atoms with van der Waals surface area (Å²) in [4.78, 5) is 2.02. The van der Waals surface area contributed by atoms with Crippen molar-refractivity contribution in [2.75, 3.05) is 19.6 Å². The van der Waals surface area contributed by atoms with Crippen molar-refractivity contribution in [1.29, 1.82) is 0 Å². The van der Waals surface area contributed by atoms with Crippen molar-refractivity contribution in [2.45, 2.75) is 57.3 Å². The van der Waals surface area contributed by atoms with Crippen molar-refractivity contribution >= 4 is 0 Å². The molecule has 2 atom stereocenters. The van der Waals surface area contributed by atoms with Gasteiger partial charge in [-0.1, -0.05) is 0 Å². The summed E-state index contributed by atoms with van der Waals surface area (Å²) in [6.07, 6.45) is -1.39. The highest BCUT2D eigenvalue weighted by Crippen LogP contribution is 2.41. The Bertz CT molecular complexity index is 288. The van der Waals surface area contributed by atoms with Crippen LogP contribution in [0.2, 0.25) is 0 Å². The van der Waals surface area contributed by atoms with E-state index in [1.54, 1.807) is 0 Å². The van der Waals surface area contributed by atoms with Crippen LogP contribution in [-0.4, -0.2) is 42.3 Å². The van der Waals surface area contributed by atoms with Gasteiger partial charge in [0.15, 0.2) is 0 Å². The summed E-state index contributed by atoms with van der Waals surface area (Å²) in [6, 6.07) is 0.237. The minimum atomic E-state index is -4.05. The van der Waals surface area contributed by atoms with Crippen molar-refractivity contribution in [3.63, 3.8) is 0 Å². The molecule has 0 aromatic carbocycles. The van der Waals surface area contributed by atoms with Crippen molar-refractivity contribution in [1.82, 2.24) is 10.2 Å². The molecule has 1 heterocycles. The van der Waals surface area contributed by atoms with Crippen LogP contribution in [0, 0.1) is 5.92 Å². The Balaban J connectivity index is 1.97. The van der Waals surface area contributed by atoms with E-state index in [0.29, 0.717) is 5.92 Å². The van der Waals surface area contributed by atoms with Gasteiger partial charge in [0, 0.05) is 24.7 Å². The van der Waals surface area contributed by atoms with Gasteiger partial charge >= 0.3 is 6.18 Å². The number of hydrogen-bond acceptors (Lipinski definition) is 2. The molecule has 1 saturated heterocycles. The summed E-state index contributed by atoms with van der Waals surface area (Å²) in [5, 5.41) is 3.55. The first-order valence-electron chi connectivity index (χ1n) is 6.86. The Hall–Kier alpha value is -0.290. The fraction of sp³-hybridized carbons (Fsp3) is 1.00. The molecule has 0 aromatic rings. The summed E-state index contributed by atoms with van der Waals surface area (Å²) in [5.74, 6) is 0.649. The average Bonchev–Trinajstić information content (AvgIpc) is 3.05. The Morgan fingerprint density at radius 3 is 2.50 bits per heavy atom. The fourth-order valence-corrected chi connectivity index (χ4v) is 2.95. The van der Waals surface area contributed by atoms with Crippen LogP contribution in [0.1, 0.15) is 39.5 Å². The predicted molar refractivity (Wildman–Crippen MR) is 65.5 cm³/mol. The van der Waals surface area contributed by atoms with Gasteiger partial charge in [-0.3, -0.25) is 4.90 Å². The summed E-state index contributed by atoms with van der Waals surface area (Å²) < 4.78 is 37.1. The lowest BCUT2D eigenvalue weighted by atomic mass is 9.95. The average molecular weight is 264 g/mol. The molecule has 2 fully saturated rings. The van der Waals surface area contributed by atoms with E-state index in [0.717, 1.165) is 19.5 Å². The maximum atomic E-state index is 12.4. The van der Waals surface area contributed by atoms with E-state index < -0.39 is 12.6 Å². The number of nitrogens with one attached hydrogen (secondary N) is 1. The second-order valence-corrected chi connectivity index (χ2v) is 6.09. The molecule has 0 aromatic heterocycles. The van der Waals surface area contributed by atoms with E-state index in [1.165, 1.54) is 12.8 Å². The monoisotopic (exact) mass is 264 g/mol. The Morgan fingerprint density at radius 1 is 1.28 bits per heavy atom. The molecule has 1 saturated carbocycles. The van der Waals surface area contributed by atoms with Crippen molar-refractivity contribution in [3.05, 3.63) is 0 Å². The topological polar surface area (TPSA) is 15.3 Å². The first-order valence-corrected chi connectivity index (χ1v) is 6.86. The SMILES string of the molecule is CC1CCNC(C)(C2CC2)CN1CCC(F)(F)F. The maximum absolute atomic E-state index is 12.4. The third-order valence-corrected chi connectivity index (χ3v) is 4.41. The van der Waals surface area contributed by atoms with Gasteiger partial charge in [0.2, 0.25) is 0 Å². The minimum Gasteiger partial charge on any atom is -0.310 e. The molecule has 2 aliphatic rings. The highest BCUT2D eigenvalue weighted by Gasteiger charge is 2.44. The maximum Gasteiger partial charge on any atom is 0.390 e. The van der Waals surface area contributed by atoms with Crippen LogP contribution in [-0.2, 0) is 0 Å². The van der Waals surface area contributed by atoms with Crippen LogP contribution >= 0.6 is 0 Å². The quantitative estimate of drug-likeness (QED) is 0.843. The summed E-state index contributed by atoms with van der Waals surface area (Å²) in [5.41, 5.74) is 0.0103. The van der Waals surface area contributed by atoms with E-state index in [-0.39, 0.29) is 18.1 Å². The molecule has 0 bridgehead atoms. The third kappa shape index (κ3) is 3.60. The highest BCUT2D eigenvalue weighted by molar-refractivity contribution is 5.01. The Morgan fingerprint density at radius 2 is 1.94 bits per heavy atom. The van der Waals surface area contributed by atoms with Crippen LogP contribution in [0.3, 0.4) is 0 Å². The molecule has 5 heteroatoms. The molecule has 2 nitrogen and oxygen atoms in total. The zero-order chi connectivity index (χ0) is 13.4. The highest BCUT2D eigenvalue weighted by atomic mass is 19.4. The van der Waals surface area contributed by atoms with Gasteiger partial charge in [0.05, 0.1) is 6.42 Å². The molecule has 106 valence electrons. The minimum absolute atomic E-state index is 0.0103. The summed E-state index contributed by atoms with van der Waals surface area (Å²) >= 11 is 0. The van der Waals surface area contributed by atoms with Gasteiger partial charge in [-0.15, -0.1) is 0 Å². The van der Waals surface area contributed by atoms with Crippen LogP contribution in [0.25, 0.3) is 0 Å². The smallest absolute Gasteiger partial charge is 0.310 e. The van der Waals surface area contributed by atoms with Gasteiger partial charge in [-0.25, -0.2) is 0 Å². The Kier molecular flexibility index (Phi) is 3.93. The standard InChI is InChI=1S/C13H23F3N2/c1-10-5-7-17-12(2,11-3-4-11)9-18(10)8-6-13(14,15)16/h10-11,17H,3-9H2,1-2H3.